The van der Waals surface area contributed by atoms with E-state index >= 15 is 0 Å². The second-order valence-corrected chi connectivity index (χ2v) is 6.18. The summed E-state index contributed by atoms with van der Waals surface area (Å²) in [6, 6.07) is -0.305. The molecule has 0 saturated carbocycles. The smallest absolute Gasteiger partial charge is 0.396 e. The van der Waals surface area contributed by atoms with E-state index in [-0.39, 0.29) is 25.2 Å². The summed E-state index contributed by atoms with van der Waals surface area (Å²) in [5, 5.41) is 11.3. The molecule has 0 bridgehead atoms. The maximum absolute atomic E-state index is 11.2. The Morgan fingerprint density at radius 2 is 1.85 bits per heavy atom. The normalized spacial score (nSPS) is 15.6. The fourth-order valence-electron chi connectivity index (χ4n) is 1.75. The molecule has 7 nitrogen and oxygen atoms in total. The molecule has 0 heterocycles. The Balaban J connectivity index is 3.96. The highest BCUT2D eigenvalue weighted by Gasteiger charge is 2.21. The van der Waals surface area contributed by atoms with Gasteiger partial charge in [-0.05, 0) is 12.8 Å². The summed E-state index contributed by atoms with van der Waals surface area (Å²) < 4.78 is 20.3. The van der Waals surface area contributed by atoms with Gasteiger partial charge in [-0.1, -0.05) is 25.7 Å². The standard InChI is InChI=1S/C12H26NO6P/c1-11(15)13-12(10-19-20(16,17)18-2)8-6-4-3-5-7-9-14/h12,14H,3-10H2,1-2H3,(H,13,15)(H,16,17)/t12-/m1/s1. The van der Waals surface area contributed by atoms with Crippen LogP contribution in [-0.2, 0) is 18.4 Å². The molecule has 120 valence electrons. The number of carbonyl (C=O) groups excluding carboxylic acids is 1. The number of hydrogen-bond acceptors (Lipinski definition) is 5. The van der Waals surface area contributed by atoms with Gasteiger partial charge in [-0.15, -0.1) is 0 Å². The van der Waals surface area contributed by atoms with E-state index in [1.807, 2.05) is 0 Å². The molecule has 0 saturated heterocycles. The lowest BCUT2D eigenvalue weighted by Gasteiger charge is -2.19. The summed E-state index contributed by atoms with van der Waals surface area (Å²) in [4.78, 5) is 20.2. The van der Waals surface area contributed by atoms with Crippen LogP contribution in [0.1, 0.15) is 45.4 Å². The van der Waals surface area contributed by atoms with Crippen LogP contribution in [0.25, 0.3) is 0 Å². The zero-order chi connectivity index (χ0) is 15.4. The van der Waals surface area contributed by atoms with E-state index in [1.165, 1.54) is 6.92 Å². The molecule has 0 rings (SSSR count). The molecule has 0 aliphatic rings. The Morgan fingerprint density at radius 3 is 2.40 bits per heavy atom. The first-order valence-corrected chi connectivity index (χ1v) is 8.32. The highest BCUT2D eigenvalue weighted by atomic mass is 31.2. The van der Waals surface area contributed by atoms with Crippen molar-refractivity contribution >= 4 is 13.7 Å². The van der Waals surface area contributed by atoms with E-state index < -0.39 is 7.82 Å². The Morgan fingerprint density at radius 1 is 1.25 bits per heavy atom. The molecule has 0 spiro atoms. The van der Waals surface area contributed by atoms with E-state index in [0.29, 0.717) is 6.42 Å². The number of carbonyl (C=O) groups is 1. The van der Waals surface area contributed by atoms with Crippen molar-refractivity contribution in [2.75, 3.05) is 20.3 Å². The lowest BCUT2D eigenvalue weighted by molar-refractivity contribution is -0.120. The number of rotatable bonds is 12. The maximum atomic E-state index is 11.2. The van der Waals surface area contributed by atoms with Gasteiger partial charge < -0.3 is 15.3 Å². The summed E-state index contributed by atoms with van der Waals surface area (Å²) in [6.07, 6.45) is 5.33. The number of phosphoric ester groups is 1. The number of aliphatic hydroxyl groups is 1. The minimum Gasteiger partial charge on any atom is -0.396 e. The first kappa shape index (κ1) is 19.5. The van der Waals surface area contributed by atoms with Gasteiger partial charge in [0.1, 0.15) is 0 Å². The summed E-state index contributed by atoms with van der Waals surface area (Å²) in [6.45, 7) is 1.55. The molecule has 20 heavy (non-hydrogen) atoms. The fourth-order valence-corrected chi connectivity index (χ4v) is 2.23. The third kappa shape index (κ3) is 11.4. The Bertz CT molecular complexity index is 312. The average molecular weight is 311 g/mol. The van der Waals surface area contributed by atoms with Crippen LogP contribution in [0, 0.1) is 0 Å². The quantitative estimate of drug-likeness (QED) is 0.373. The molecule has 0 fully saturated rings. The molecule has 0 radical (unpaired) electrons. The summed E-state index contributed by atoms with van der Waals surface area (Å²) in [5.41, 5.74) is 0. The molecule has 0 aromatic heterocycles. The fraction of sp³-hybridized carbons (Fsp3) is 0.917. The van der Waals surface area contributed by atoms with Crippen LogP contribution >= 0.6 is 7.82 Å². The predicted octanol–water partition coefficient (Wildman–Crippen LogP) is 1.59. The number of hydrogen-bond donors (Lipinski definition) is 3. The van der Waals surface area contributed by atoms with Crippen molar-refractivity contribution in [3.05, 3.63) is 0 Å². The molecule has 0 aliphatic heterocycles. The SMILES string of the molecule is COP(=O)(O)OC[C@@H](CCCCCCCO)NC(C)=O. The van der Waals surface area contributed by atoms with Crippen molar-refractivity contribution in [2.24, 2.45) is 0 Å². The Hall–Kier alpha value is -0.460. The minimum absolute atomic E-state index is 0.0577. The number of phosphoric acid groups is 1. The molecular formula is C12H26NO6P. The highest BCUT2D eigenvalue weighted by Crippen LogP contribution is 2.41. The van der Waals surface area contributed by atoms with Crippen molar-refractivity contribution < 1.29 is 28.4 Å². The third-order valence-corrected chi connectivity index (χ3v) is 3.72. The zero-order valence-corrected chi connectivity index (χ0v) is 13.1. The topological polar surface area (TPSA) is 105 Å². The van der Waals surface area contributed by atoms with Crippen molar-refractivity contribution in [2.45, 2.75) is 51.5 Å². The first-order valence-electron chi connectivity index (χ1n) is 6.82. The van der Waals surface area contributed by atoms with Crippen molar-refractivity contribution in [3.63, 3.8) is 0 Å². The minimum atomic E-state index is -4.00. The van der Waals surface area contributed by atoms with Crippen LogP contribution < -0.4 is 5.32 Å². The predicted molar refractivity (Wildman–Crippen MR) is 75.2 cm³/mol. The van der Waals surface area contributed by atoms with Gasteiger partial charge in [0.2, 0.25) is 5.91 Å². The molecule has 0 aromatic rings. The van der Waals surface area contributed by atoms with Crippen LogP contribution in [0.5, 0.6) is 0 Å². The molecule has 1 unspecified atom stereocenters. The molecule has 8 heteroatoms. The largest absolute Gasteiger partial charge is 0.471 e. The molecule has 3 N–H and O–H groups in total. The number of unbranched alkanes of at least 4 members (excludes halogenated alkanes) is 4. The monoisotopic (exact) mass is 311 g/mol. The van der Waals surface area contributed by atoms with E-state index in [2.05, 4.69) is 9.84 Å². The van der Waals surface area contributed by atoms with Crippen LogP contribution in [0.2, 0.25) is 0 Å². The summed E-state index contributed by atoms with van der Waals surface area (Å²) in [5.74, 6) is -0.205. The zero-order valence-electron chi connectivity index (χ0n) is 12.2. The van der Waals surface area contributed by atoms with Crippen LogP contribution in [0.15, 0.2) is 0 Å². The van der Waals surface area contributed by atoms with Crippen molar-refractivity contribution in [1.29, 1.82) is 0 Å². The lowest BCUT2D eigenvalue weighted by atomic mass is 10.1. The van der Waals surface area contributed by atoms with Gasteiger partial charge in [0.15, 0.2) is 0 Å². The van der Waals surface area contributed by atoms with Gasteiger partial charge in [0, 0.05) is 20.6 Å². The van der Waals surface area contributed by atoms with Crippen molar-refractivity contribution in [3.8, 4) is 0 Å². The van der Waals surface area contributed by atoms with Gasteiger partial charge in [0.05, 0.1) is 12.6 Å². The molecule has 0 aromatic carbocycles. The van der Waals surface area contributed by atoms with Gasteiger partial charge in [-0.25, -0.2) is 4.57 Å². The van der Waals surface area contributed by atoms with Crippen molar-refractivity contribution in [1.82, 2.24) is 5.32 Å². The Kier molecular flexibility index (Phi) is 11.0. The second-order valence-electron chi connectivity index (χ2n) is 4.62. The van der Waals surface area contributed by atoms with E-state index in [1.54, 1.807) is 0 Å². The molecule has 1 amide bonds. The Labute approximate surface area is 120 Å². The average Bonchev–Trinajstić information content (AvgIpc) is 2.39. The van der Waals surface area contributed by atoms with E-state index in [9.17, 15) is 9.36 Å². The van der Waals surface area contributed by atoms with Gasteiger partial charge in [0.25, 0.3) is 0 Å². The summed E-state index contributed by atoms with van der Waals surface area (Å²) in [7, 11) is -2.91. The highest BCUT2D eigenvalue weighted by molar-refractivity contribution is 7.47. The maximum Gasteiger partial charge on any atom is 0.471 e. The molecule has 2 atom stereocenters. The van der Waals surface area contributed by atoms with Gasteiger partial charge >= 0.3 is 7.82 Å². The number of aliphatic hydroxyl groups excluding tert-OH is 1. The number of nitrogens with one attached hydrogen (secondary N) is 1. The third-order valence-electron chi connectivity index (χ3n) is 2.79. The van der Waals surface area contributed by atoms with Crippen LogP contribution in [0.3, 0.4) is 0 Å². The molecule has 0 aliphatic carbocycles. The lowest BCUT2D eigenvalue weighted by Crippen LogP contribution is -2.36. The summed E-state index contributed by atoms with van der Waals surface area (Å²) >= 11 is 0. The van der Waals surface area contributed by atoms with Crippen LogP contribution in [-0.4, -0.2) is 42.3 Å². The second kappa shape index (κ2) is 11.2. The molecular weight excluding hydrogens is 285 g/mol. The van der Waals surface area contributed by atoms with E-state index in [0.717, 1.165) is 39.2 Å². The number of amides is 1. The van der Waals surface area contributed by atoms with Gasteiger partial charge in [-0.2, -0.15) is 0 Å². The van der Waals surface area contributed by atoms with Gasteiger partial charge in [-0.3, -0.25) is 13.8 Å². The van der Waals surface area contributed by atoms with E-state index in [4.69, 9.17) is 14.5 Å². The first-order chi connectivity index (χ1) is 9.41. The van der Waals surface area contributed by atoms with Crippen LogP contribution in [0.4, 0.5) is 0 Å².